The Bertz CT molecular complexity index is 646. The van der Waals surface area contributed by atoms with Crippen molar-refractivity contribution in [2.75, 3.05) is 25.2 Å². The van der Waals surface area contributed by atoms with E-state index in [9.17, 15) is 13.2 Å². The quantitative estimate of drug-likeness (QED) is 0.784. The lowest BCUT2D eigenvalue weighted by atomic mass is 10.2. The molecule has 1 aliphatic heterocycles. The summed E-state index contributed by atoms with van der Waals surface area (Å²) in [5, 5.41) is 2.61. The number of carbonyl (C=O) groups is 1. The Morgan fingerprint density at radius 1 is 1.45 bits per heavy atom. The maximum atomic E-state index is 12.6. The maximum absolute atomic E-state index is 12.6. The van der Waals surface area contributed by atoms with Gasteiger partial charge in [0, 0.05) is 30.8 Å². The number of nitrogens with zero attached hydrogens (tertiary/aromatic N) is 2. The van der Waals surface area contributed by atoms with Crippen LogP contribution in [0.2, 0.25) is 0 Å². The molecule has 3 rings (SSSR count). The Labute approximate surface area is 134 Å². The first kappa shape index (κ1) is 15.9. The molecule has 0 aromatic carbocycles. The van der Waals surface area contributed by atoms with Crippen molar-refractivity contribution >= 4 is 27.1 Å². The van der Waals surface area contributed by atoms with Crippen molar-refractivity contribution in [3.8, 4) is 0 Å². The van der Waals surface area contributed by atoms with Gasteiger partial charge in [-0.2, -0.15) is 0 Å². The van der Waals surface area contributed by atoms with Gasteiger partial charge in [-0.3, -0.25) is 4.79 Å². The van der Waals surface area contributed by atoms with Crippen molar-refractivity contribution < 1.29 is 17.9 Å². The lowest BCUT2D eigenvalue weighted by Crippen LogP contribution is -2.37. The second-order valence-corrected chi connectivity index (χ2v) is 9.08. The van der Waals surface area contributed by atoms with Crippen LogP contribution in [0.25, 0.3) is 0 Å². The zero-order chi connectivity index (χ0) is 15.7. The number of sulfone groups is 1. The van der Waals surface area contributed by atoms with Crippen LogP contribution in [0.5, 0.6) is 0 Å². The molecular formula is C14H20N2O4S2. The minimum atomic E-state index is -3.08. The minimum Gasteiger partial charge on any atom is -0.371 e. The fourth-order valence-corrected chi connectivity index (χ4v) is 3.96. The molecule has 8 heteroatoms. The van der Waals surface area contributed by atoms with Crippen molar-refractivity contribution in [2.24, 2.45) is 0 Å². The molecule has 1 atom stereocenters. The summed E-state index contributed by atoms with van der Waals surface area (Å²) in [6.45, 7) is 0.991. The Morgan fingerprint density at radius 3 is 2.82 bits per heavy atom. The normalized spacial score (nSPS) is 22.0. The largest absolute Gasteiger partial charge is 0.371 e. The van der Waals surface area contributed by atoms with Crippen LogP contribution in [0, 0.1) is 0 Å². The topological polar surface area (TPSA) is 76.6 Å². The van der Waals surface area contributed by atoms with E-state index in [4.69, 9.17) is 4.74 Å². The van der Waals surface area contributed by atoms with E-state index < -0.39 is 9.84 Å². The van der Waals surface area contributed by atoms with Crippen LogP contribution >= 0.6 is 11.3 Å². The Balaban J connectivity index is 1.70. The van der Waals surface area contributed by atoms with Crippen LogP contribution in [-0.4, -0.2) is 55.4 Å². The van der Waals surface area contributed by atoms with Gasteiger partial charge in [-0.1, -0.05) is 0 Å². The van der Waals surface area contributed by atoms with Crippen molar-refractivity contribution in [2.45, 2.75) is 37.8 Å². The predicted octanol–water partition coefficient (Wildman–Crippen LogP) is 1.64. The van der Waals surface area contributed by atoms with Crippen molar-refractivity contribution in [1.29, 1.82) is 0 Å². The van der Waals surface area contributed by atoms with Crippen LogP contribution in [-0.2, 0) is 14.6 Å². The lowest BCUT2D eigenvalue weighted by molar-refractivity contribution is 0.0747. The average Bonchev–Trinajstić information content (AvgIpc) is 2.96. The van der Waals surface area contributed by atoms with Gasteiger partial charge in [0.05, 0.1) is 5.75 Å². The summed E-state index contributed by atoms with van der Waals surface area (Å²) >= 11 is 1.45. The first-order valence-corrected chi connectivity index (χ1v) is 10.4. The summed E-state index contributed by atoms with van der Waals surface area (Å²) in [7, 11) is -3.08. The highest BCUT2D eigenvalue weighted by Crippen LogP contribution is 2.32. The number of ether oxygens (including phenoxy) is 1. The van der Waals surface area contributed by atoms with Gasteiger partial charge in [0.25, 0.3) is 5.91 Å². The molecule has 6 nitrogen and oxygen atoms in total. The third-order valence-electron chi connectivity index (χ3n) is 3.90. The summed E-state index contributed by atoms with van der Waals surface area (Å²) in [4.78, 5) is 18.7. The van der Waals surface area contributed by atoms with Gasteiger partial charge in [-0.25, -0.2) is 13.4 Å². The van der Waals surface area contributed by atoms with Gasteiger partial charge in [-0.15, -0.1) is 11.3 Å². The molecule has 1 aliphatic carbocycles. The van der Waals surface area contributed by atoms with Crippen LogP contribution in [0.1, 0.15) is 47.3 Å². The molecule has 0 spiro atoms. The minimum absolute atomic E-state index is 0.00201. The molecule has 0 radical (unpaired) electrons. The smallest absolute Gasteiger partial charge is 0.273 e. The maximum Gasteiger partial charge on any atom is 0.273 e. The van der Waals surface area contributed by atoms with E-state index in [2.05, 4.69) is 4.98 Å². The van der Waals surface area contributed by atoms with E-state index in [1.807, 2.05) is 0 Å². The van der Waals surface area contributed by atoms with E-state index in [1.165, 1.54) is 17.6 Å². The number of hydrogen-bond donors (Lipinski definition) is 0. The monoisotopic (exact) mass is 344 g/mol. The zero-order valence-corrected chi connectivity index (χ0v) is 14.2. The van der Waals surface area contributed by atoms with E-state index in [0.29, 0.717) is 5.69 Å². The molecule has 122 valence electrons. The van der Waals surface area contributed by atoms with Gasteiger partial charge < -0.3 is 9.64 Å². The summed E-state index contributed by atoms with van der Waals surface area (Å²) in [6, 6.07) is 0.169. The molecule has 2 aliphatic rings. The van der Waals surface area contributed by atoms with Gasteiger partial charge >= 0.3 is 0 Å². The Morgan fingerprint density at radius 2 is 2.23 bits per heavy atom. The van der Waals surface area contributed by atoms with Gasteiger partial charge in [-0.05, 0) is 25.7 Å². The van der Waals surface area contributed by atoms with Crippen LogP contribution in [0.15, 0.2) is 5.38 Å². The molecule has 22 heavy (non-hydrogen) atoms. The molecule has 1 saturated heterocycles. The van der Waals surface area contributed by atoms with Crippen LogP contribution in [0.4, 0.5) is 0 Å². The highest BCUT2D eigenvalue weighted by molar-refractivity contribution is 7.90. The Hall–Kier alpha value is -0.990. The molecule has 0 bridgehead atoms. The first-order chi connectivity index (χ1) is 10.4. The predicted molar refractivity (Wildman–Crippen MR) is 83.8 cm³/mol. The van der Waals surface area contributed by atoms with Gasteiger partial charge in [0.15, 0.2) is 0 Å². The van der Waals surface area contributed by atoms with Crippen molar-refractivity contribution in [3.05, 3.63) is 16.1 Å². The van der Waals surface area contributed by atoms with E-state index >= 15 is 0 Å². The van der Waals surface area contributed by atoms with Crippen LogP contribution < -0.4 is 0 Å². The number of thiazole rings is 1. The van der Waals surface area contributed by atoms with E-state index in [-0.39, 0.29) is 30.4 Å². The average molecular weight is 344 g/mol. The van der Waals surface area contributed by atoms with E-state index in [1.54, 1.807) is 10.3 Å². The SMILES string of the molecule is CS(=O)(=O)CCN(C(=O)c1csc([C@@H]2CCCO2)n1)C1CC1. The van der Waals surface area contributed by atoms with Gasteiger partial charge in [0.1, 0.15) is 26.6 Å². The Kier molecular flexibility index (Phi) is 4.52. The molecule has 1 amide bonds. The number of carbonyl (C=O) groups excluding carboxylic acids is 1. The molecule has 2 heterocycles. The first-order valence-electron chi connectivity index (χ1n) is 7.50. The van der Waals surface area contributed by atoms with Crippen molar-refractivity contribution in [1.82, 2.24) is 9.88 Å². The molecular weight excluding hydrogens is 324 g/mol. The molecule has 1 aromatic heterocycles. The lowest BCUT2D eigenvalue weighted by Gasteiger charge is -2.20. The second-order valence-electron chi connectivity index (χ2n) is 5.93. The fraction of sp³-hybridized carbons (Fsp3) is 0.714. The summed E-state index contributed by atoms with van der Waals surface area (Å²) in [5.74, 6) is -0.163. The number of amides is 1. The highest BCUT2D eigenvalue weighted by Gasteiger charge is 2.34. The van der Waals surface area contributed by atoms with Crippen LogP contribution in [0.3, 0.4) is 0 Å². The molecule has 1 saturated carbocycles. The second kappa shape index (κ2) is 6.25. The highest BCUT2D eigenvalue weighted by atomic mass is 32.2. The fourth-order valence-electron chi connectivity index (χ4n) is 2.55. The molecule has 1 aromatic rings. The third kappa shape index (κ3) is 3.85. The summed E-state index contributed by atoms with van der Waals surface area (Å²) < 4.78 is 28.3. The van der Waals surface area contributed by atoms with Crippen molar-refractivity contribution in [3.63, 3.8) is 0 Å². The van der Waals surface area contributed by atoms with E-state index in [0.717, 1.165) is 37.3 Å². The third-order valence-corrected chi connectivity index (χ3v) is 5.76. The van der Waals surface area contributed by atoms with Gasteiger partial charge in [0.2, 0.25) is 0 Å². The standard InChI is InChI=1S/C14H20N2O4S2/c1-22(18,19)8-6-16(10-4-5-10)14(17)11-9-21-13(15-11)12-3-2-7-20-12/h9-10,12H,2-8H2,1H3/t12-/m0/s1. The summed E-state index contributed by atoms with van der Waals surface area (Å²) in [5.41, 5.74) is 0.413. The molecule has 0 unspecified atom stereocenters. The zero-order valence-electron chi connectivity index (χ0n) is 12.5. The molecule has 2 fully saturated rings. The number of aromatic nitrogens is 1. The summed E-state index contributed by atoms with van der Waals surface area (Å²) in [6.07, 6.45) is 5.06. The number of rotatable bonds is 6. The number of hydrogen-bond acceptors (Lipinski definition) is 6. The molecule has 0 N–H and O–H groups in total.